The number of nitrogens with two attached hydrogens (primary N) is 1. The van der Waals surface area contributed by atoms with Crippen molar-refractivity contribution in [2.45, 2.75) is 32.4 Å². The first-order chi connectivity index (χ1) is 14.8. The van der Waals surface area contributed by atoms with E-state index in [0.717, 1.165) is 22.1 Å². The number of aromatic nitrogens is 1. The monoisotopic (exact) mass is 474 g/mol. The number of aryl methyl sites for hydroxylation is 2. The fourth-order valence-electron chi connectivity index (χ4n) is 3.57. The zero-order valence-corrected chi connectivity index (χ0v) is 19.3. The summed E-state index contributed by atoms with van der Waals surface area (Å²) in [6, 6.07) is 6.98. The third-order valence-electron chi connectivity index (χ3n) is 5.48. The number of benzene rings is 1. The van der Waals surface area contributed by atoms with Gasteiger partial charge in [0.05, 0.1) is 17.6 Å². The highest BCUT2D eigenvalue weighted by Crippen LogP contribution is 2.31. The smallest absolute Gasteiger partial charge is 0.246 e. The van der Waals surface area contributed by atoms with Gasteiger partial charge in [-0.2, -0.15) is 0 Å². The number of likely N-dealkylation sites (N-methyl/N-ethyl adjacent to an activating group) is 1. The lowest BCUT2D eigenvalue weighted by Gasteiger charge is -2.14. The maximum atomic E-state index is 12.6. The fourth-order valence-corrected chi connectivity index (χ4v) is 3.78. The van der Waals surface area contributed by atoms with Gasteiger partial charge in [-0.05, 0) is 49.1 Å². The summed E-state index contributed by atoms with van der Waals surface area (Å²) in [6.07, 6.45) is 6.02. The lowest BCUT2D eigenvalue weighted by Crippen LogP contribution is -2.34. The molecule has 0 aliphatic carbocycles. The highest BCUT2D eigenvalue weighted by Gasteiger charge is 2.21. The largest absolute Gasteiger partial charge is 0.457 e. The van der Waals surface area contributed by atoms with Gasteiger partial charge < -0.3 is 20.4 Å². The quantitative estimate of drug-likeness (QED) is 0.554. The van der Waals surface area contributed by atoms with E-state index < -0.39 is 6.04 Å². The fraction of sp³-hybridized carbons (Fsp3) is 0.261. The molecule has 0 spiro atoms. The summed E-state index contributed by atoms with van der Waals surface area (Å²) < 4.78 is 5.90. The number of furan rings is 1. The molecule has 7 nitrogen and oxygen atoms in total. The van der Waals surface area contributed by atoms with Crippen molar-refractivity contribution in [3.8, 4) is 0 Å². The summed E-state index contributed by atoms with van der Waals surface area (Å²) in [6.45, 7) is 2.28. The maximum Gasteiger partial charge on any atom is 0.246 e. The molecule has 2 amide bonds. The van der Waals surface area contributed by atoms with Crippen LogP contribution in [0.2, 0.25) is 5.02 Å². The van der Waals surface area contributed by atoms with Gasteiger partial charge in [0, 0.05) is 30.3 Å². The van der Waals surface area contributed by atoms with E-state index in [1.165, 1.54) is 6.08 Å². The maximum absolute atomic E-state index is 12.6. The first-order valence-electron chi connectivity index (χ1n) is 9.98. The van der Waals surface area contributed by atoms with Crippen molar-refractivity contribution in [2.75, 3.05) is 12.4 Å². The Bertz CT molecular complexity index is 1210. The molecule has 3 heterocycles. The van der Waals surface area contributed by atoms with Crippen molar-refractivity contribution in [1.29, 1.82) is 0 Å². The van der Waals surface area contributed by atoms with E-state index in [-0.39, 0.29) is 24.2 Å². The number of pyridine rings is 1. The van der Waals surface area contributed by atoms with E-state index in [0.29, 0.717) is 41.6 Å². The molecule has 168 valence electrons. The van der Waals surface area contributed by atoms with Gasteiger partial charge in [-0.15, -0.1) is 12.4 Å². The summed E-state index contributed by atoms with van der Waals surface area (Å²) in [5.74, 6) is 0.827. The van der Waals surface area contributed by atoms with Gasteiger partial charge in [0.1, 0.15) is 11.6 Å². The van der Waals surface area contributed by atoms with Crippen molar-refractivity contribution < 1.29 is 14.0 Å². The summed E-state index contributed by atoms with van der Waals surface area (Å²) in [7, 11) is 1.72. The number of fused-ring (bicyclic) bond motifs is 2. The van der Waals surface area contributed by atoms with E-state index >= 15 is 0 Å². The minimum Gasteiger partial charge on any atom is -0.457 e. The predicted octanol–water partition coefficient (Wildman–Crippen LogP) is 4.10. The molecule has 32 heavy (non-hydrogen) atoms. The van der Waals surface area contributed by atoms with Crippen LogP contribution in [-0.4, -0.2) is 34.8 Å². The molecule has 0 fully saturated rings. The van der Waals surface area contributed by atoms with Crippen LogP contribution in [0.25, 0.3) is 17.0 Å². The molecule has 3 aromatic rings. The number of hydrogen-bond donors (Lipinski definition) is 2. The van der Waals surface area contributed by atoms with Gasteiger partial charge in [0.2, 0.25) is 11.8 Å². The van der Waals surface area contributed by atoms with E-state index in [4.69, 9.17) is 21.8 Å². The van der Waals surface area contributed by atoms with E-state index in [2.05, 4.69) is 10.3 Å². The predicted molar refractivity (Wildman–Crippen MR) is 128 cm³/mol. The molecule has 0 radical (unpaired) electrons. The van der Waals surface area contributed by atoms with Gasteiger partial charge in [-0.25, -0.2) is 4.98 Å². The highest BCUT2D eigenvalue weighted by molar-refractivity contribution is 6.34. The molecule has 3 N–H and O–H groups in total. The van der Waals surface area contributed by atoms with Crippen LogP contribution < -0.4 is 11.1 Å². The first-order valence-corrected chi connectivity index (χ1v) is 10.4. The second kappa shape index (κ2) is 9.73. The average Bonchev–Trinajstić information content (AvgIpc) is 2.99. The molecular weight excluding hydrogens is 451 g/mol. The second-order valence-corrected chi connectivity index (χ2v) is 8.11. The minimum absolute atomic E-state index is 0. The van der Waals surface area contributed by atoms with Crippen LogP contribution in [0.15, 0.2) is 41.0 Å². The number of para-hydroxylation sites is 1. The lowest BCUT2D eigenvalue weighted by molar-refractivity contribution is -0.125. The van der Waals surface area contributed by atoms with E-state index in [1.54, 1.807) is 30.3 Å². The Morgan fingerprint density at radius 1 is 1.44 bits per heavy atom. The molecule has 1 unspecified atom stereocenters. The molecule has 9 heteroatoms. The zero-order chi connectivity index (χ0) is 22.1. The van der Waals surface area contributed by atoms with Crippen molar-refractivity contribution in [3.05, 3.63) is 64.0 Å². The number of rotatable bonds is 4. The first kappa shape index (κ1) is 23.8. The number of hydrogen-bond acceptors (Lipinski definition) is 5. The number of anilines is 1. The number of nitrogens with zero attached hydrogens (tertiary/aromatic N) is 2. The topological polar surface area (TPSA) is 101 Å². The molecule has 1 aromatic carbocycles. The number of nitrogens with one attached hydrogen (secondary N) is 1. The lowest BCUT2D eigenvalue weighted by atomic mass is 10.1. The molecule has 1 aliphatic heterocycles. The van der Waals surface area contributed by atoms with Crippen LogP contribution in [0.1, 0.15) is 28.9 Å². The van der Waals surface area contributed by atoms with Crippen LogP contribution in [0, 0.1) is 6.92 Å². The average molecular weight is 475 g/mol. The highest BCUT2D eigenvalue weighted by atomic mass is 35.5. The summed E-state index contributed by atoms with van der Waals surface area (Å²) in [5.41, 5.74) is 9.10. The van der Waals surface area contributed by atoms with Crippen LogP contribution in [-0.2, 0) is 22.6 Å². The number of amides is 2. The molecule has 0 bridgehead atoms. The van der Waals surface area contributed by atoms with E-state index in [1.807, 2.05) is 25.1 Å². The third-order valence-corrected chi connectivity index (χ3v) is 5.78. The normalized spacial score (nSPS) is 15.8. The second-order valence-electron chi connectivity index (χ2n) is 7.71. The molecule has 4 rings (SSSR count). The Balaban J connectivity index is 0.00000289. The zero-order valence-electron chi connectivity index (χ0n) is 17.7. The van der Waals surface area contributed by atoms with E-state index in [9.17, 15) is 9.59 Å². The van der Waals surface area contributed by atoms with Gasteiger partial charge in [0.15, 0.2) is 5.58 Å². The molecule has 1 aliphatic rings. The molecule has 1 atom stereocenters. The van der Waals surface area contributed by atoms with Crippen LogP contribution in [0.3, 0.4) is 0 Å². The summed E-state index contributed by atoms with van der Waals surface area (Å²) in [4.78, 5) is 30.3. The summed E-state index contributed by atoms with van der Waals surface area (Å²) >= 11 is 6.21. The number of halogens is 2. The Kier molecular flexibility index (Phi) is 7.23. The van der Waals surface area contributed by atoms with Gasteiger partial charge >= 0.3 is 0 Å². The minimum atomic E-state index is -0.542. The van der Waals surface area contributed by atoms with Gasteiger partial charge in [-0.3, -0.25) is 9.59 Å². The SMILES string of the molecule is Cc1c(CN(C)C(=O)/C=C/c2cnc3c(c2)CCC(N)C(=O)N3)oc2c(Cl)cccc12.Cl. The Morgan fingerprint density at radius 3 is 2.97 bits per heavy atom. The standard InChI is InChI=1S/C23H23ClN4O3.ClH/c1-13-16-4-3-5-17(24)21(16)31-19(13)12-28(2)20(29)9-6-14-10-15-7-8-18(25)23(30)27-22(15)26-11-14;/h3-6,9-11,18H,7-8,12,25H2,1-2H3,(H,26,27,30);1H/b9-6+;. The summed E-state index contributed by atoms with van der Waals surface area (Å²) in [5, 5.41) is 4.23. The number of carbonyl (C=O) groups is 2. The van der Waals surface area contributed by atoms with Crippen molar-refractivity contribution >= 4 is 58.7 Å². The Morgan fingerprint density at radius 2 is 2.22 bits per heavy atom. The van der Waals surface area contributed by atoms with Crippen LogP contribution in [0.4, 0.5) is 5.82 Å². The molecule has 2 aromatic heterocycles. The molecular formula is C23H24Cl2N4O3. The van der Waals surface area contributed by atoms with Crippen molar-refractivity contribution in [1.82, 2.24) is 9.88 Å². The molecule has 0 saturated carbocycles. The van der Waals surface area contributed by atoms with Crippen molar-refractivity contribution in [3.63, 3.8) is 0 Å². The van der Waals surface area contributed by atoms with Crippen molar-refractivity contribution in [2.24, 2.45) is 5.73 Å². The Hall–Kier alpha value is -2.87. The van der Waals surface area contributed by atoms with Gasteiger partial charge in [0.25, 0.3) is 0 Å². The van der Waals surface area contributed by atoms with Crippen LogP contribution >= 0.6 is 24.0 Å². The number of carbonyl (C=O) groups excluding carboxylic acids is 2. The van der Waals surface area contributed by atoms with Crippen LogP contribution in [0.5, 0.6) is 0 Å². The molecule has 0 saturated heterocycles. The van der Waals surface area contributed by atoms with Gasteiger partial charge in [-0.1, -0.05) is 23.7 Å². The third kappa shape index (κ3) is 4.80. The Labute approximate surface area is 197 Å².